The van der Waals surface area contributed by atoms with Crippen molar-refractivity contribution in [1.82, 2.24) is 4.98 Å². The Morgan fingerprint density at radius 2 is 2.12 bits per heavy atom. The average molecular weight is 338 g/mol. The second kappa shape index (κ2) is 5.72. The molecule has 1 aliphatic heterocycles. The number of aryl methyl sites for hydroxylation is 1. The quantitative estimate of drug-likeness (QED) is 0.728. The highest BCUT2D eigenvalue weighted by atomic mass is 32.1. The van der Waals surface area contributed by atoms with Crippen LogP contribution in [0.1, 0.15) is 20.9 Å². The highest BCUT2D eigenvalue weighted by Gasteiger charge is 2.31. The summed E-state index contributed by atoms with van der Waals surface area (Å²) in [6.45, 7) is 1.95. The molecule has 0 saturated carbocycles. The number of carbonyl (C=O) groups excluding carboxylic acids is 2. The highest BCUT2D eigenvalue weighted by molar-refractivity contribution is 7.18. The molecule has 0 aliphatic carbocycles. The molecule has 5 nitrogen and oxygen atoms in total. The molecule has 1 N–H and O–H groups in total. The van der Waals surface area contributed by atoms with Crippen molar-refractivity contribution in [1.29, 1.82) is 0 Å². The molecule has 1 atom stereocenters. The SMILES string of the molecule is Cc1nc2ccc(NC(=O)[C@H]3Cc4ccccc4C(=O)O3)cc2s1. The van der Waals surface area contributed by atoms with Gasteiger partial charge in [0.25, 0.3) is 5.91 Å². The zero-order chi connectivity index (χ0) is 16.7. The Morgan fingerprint density at radius 1 is 1.29 bits per heavy atom. The smallest absolute Gasteiger partial charge is 0.339 e. The molecule has 1 aliphatic rings. The Bertz CT molecular complexity index is 964. The maximum atomic E-state index is 12.5. The van der Waals surface area contributed by atoms with E-state index in [4.69, 9.17) is 4.74 Å². The van der Waals surface area contributed by atoms with Crippen LogP contribution in [-0.4, -0.2) is 23.0 Å². The number of aromatic nitrogens is 1. The number of nitrogens with one attached hydrogen (secondary N) is 1. The lowest BCUT2D eigenvalue weighted by atomic mass is 9.98. The van der Waals surface area contributed by atoms with Gasteiger partial charge in [0.15, 0.2) is 6.10 Å². The summed E-state index contributed by atoms with van der Waals surface area (Å²) in [4.78, 5) is 28.9. The zero-order valence-corrected chi connectivity index (χ0v) is 13.7. The van der Waals surface area contributed by atoms with Gasteiger partial charge in [-0.2, -0.15) is 0 Å². The lowest BCUT2D eigenvalue weighted by Crippen LogP contribution is -2.37. The molecule has 3 aromatic rings. The molecule has 1 amide bonds. The highest BCUT2D eigenvalue weighted by Crippen LogP contribution is 2.26. The Kier molecular flexibility index (Phi) is 3.54. The van der Waals surface area contributed by atoms with Crippen LogP contribution in [0.3, 0.4) is 0 Å². The molecule has 0 bridgehead atoms. The maximum Gasteiger partial charge on any atom is 0.339 e. The first-order chi connectivity index (χ1) is 11.6. The van der Waals surface area contributed by atoms with Crippen LogP contribution in [0, 0.1) is 6.92 Å². The van der Waals surface area contributed by atoms with Gasteiger partial charge in [-0.05, 0) is 36.8 Å². The summed E-state index contributed by atoms with van der Waals surface area (Å²) in [6, 6.07) is 12.8. The van der Waals surface area contributed by atoms with Crippen molar-refractivity contribution >= 4 is 39.1 Å². The van der Waals surface area contributed by atoms with Gasteiger partial charge in [0.1, 0.15) is 0 Å². The van der Waals surface area contributed by atoms with E-state index < -0.39 is 12.1 Å². The Morgan fingerprint density at radius 3 is 3.00 bits per heavy atom. The lowest BCUT2D eigenvalue weighted by Gasteiger charge is -2.23. The summed E-state index contributed by atoms with van der Waals surface area (Å²) in [6.07, 6.45) is -0.429. The first kappa shape index (κ1) is 14.8. The topological polar surface area (TPSA) is 68.3 Å². The van der Waals surface area contributed by atoms with Crippen molar-refractivity contribution in [2.45, 2.75) is 19.4 Å². The van der Waals surface area contributed by atoms with Gasteiger partial charge in [0, 0.05) is 12.1 Å². The van der Waals surface area contributed by atoms with Crippen molar-refractivity contribution in [3.05, 3.63) is 58.6 Å². The summed E-state index contributed by atoms with van der Waals surface area (Å²) in [5.41, 5.74) is 2.95. The van der Waals surface area contributed by atoms with Crippen LogP contribution in [0.5, 0.6) is 0 Å². The van der Waals surface area contributed by atoms with E-state index in [2.05, 4.69) is 10.3 Å². The number of amides is 1. The summed E-state index contributed by atoms with van der Waals surface area (Å²) < 4.78 is 6.29. The minimum Gasteiger partial charge on any atom is -0.448 e. The summed E-state index contributed by atoms with van der Waals surface area (Å²) >= 11 is 1.57. The van der Waals surface area contributed by atoms with Gasteiger partial charge < -0.3 is 10.1 Å². The third-order valence-electron chi connectivity index (χ3n) is 3.95. The Balaban J connectivity index is 1.54. The van der Waals surface area contributed by atoms with Crippen LogP contribution < -0.4 is 5.32 Å². The third kappa shape index (κ3) is 2.65. The average Bonchev–Trinajstić information content (AvgIpc) is 2.94. The molecule has 120 valence electrons. The van der Waals surface area contributed by atoms with E-state index in [-0.39, 0.29) is 5.91 Å². The van der Waals surface area contributed by atoms with Crippen molar-refractivity contribution in [3.63, 3.8) is 0 Å². The van der Waals surface area contributed by atoms with Gasteiger partial charge >= 0.3 is 5.97 Å². The molecular weight excluding hydrogens is 324 g/mol. The number of carbonyl (C=O) groups is 2. The normalized spacial score (nSPS) is 16.5. The molecule has 0 unspecified atom stereocenters. The number of cyclic esters (lactones) is 1. The number of hydrogen-bond donors (Lipinski definition) is 1. The van der Waals surface area contributed by atoms with Crippen LogP contribution >= 0.6 is 11.3 Å². The predicted molar refractivity (Wildman–Crippen MR) is 92.3 cm³/mol. The minimum absolute atomic E-state index is 0.321. The van der Waals surface area contributed by atoms with E-state index in [1.165, 1.54) is 0 Å². The molecule has 6 heteroatoms. The fraction of sp³-hybridized carbons (Fsp3) is 0.167. The molecule has 0 saturated heterocycles. The molecule has 2 heterocycles. The van der Waals surface area contributed by atoms with Crippen molar-refractivity contribution in [2.24, 2.45) is 0 Å². The van der Waals surface area contributed by atoms with Crippen LogP contribution in [-0.2, 0) is 16.0 Å². The van der Waals surface area contributed by atoms with E-state index in [0.717, 1.165) is 20.8 Å². The molecule has 24 heavy (non-hydrogen) atoms. The number of esters is 1. The molecular formula is C18H14N2O3S. The first-order valence-corrected chi connectivity index (χ1v) is 8.39. The van der Waals surface area contributed by atoms with Crippen LogP contribution in [0.25, 0.3) is 10.2 Å². The number of benzene rings is 2. The van der Waals surface area contributed by atoms with E-state index >= 15 is 0 Å². The van der Waals surface area contributed by atoms with Gasteiger partial charge in [-0.3, -0.25) is 4.79 Å². The second-order valence-corrected chi connectivity index (χ2v) is 6.89. The number of fused-ring (bicyclic) bond motifs is 2. The largest absolute Gasteiger partial charge is 0.448 e. The summed E-state index contributed by atoms with van der Waals surface area (Å²) in [7, 11) is 0. The first-order valence-electron chi connectivity index (χ1n) is 7.57. The monoisotopic (exact) mass is 338 g/mol. The fourth-order valence-corrected chi connectivity index (χ4v) is 3.68. The van der Waals surface area contributed by atoms with Gasteiger partial charge in [-0.15, -0.1) is 11.3 Å². The Labute approximate surface area is 142 Å². The zero-order valence-electron chi connectivity index (χ0n) is 12.9. The Hall–Kier alpha value is -2.73. The fourth-order valence-electron chi connectivity index (χ4n) is 2.82. The molecule has 0 fully saturated rings. The van der Waals surface area contributed by atoms with E-state index in [0.29, 0.717) is 17.7 Å². The lowest BCUT2D eigenvalue weighted by molar-refractivity contribution is -0.125. The number of hydrogen-bond acceptors (Lipinski definition) is 5. The summed E-state index contributed by atoms with van der Waals surface area (Å²) in [5, 5.41) is 3.81. The number of ether oxygens (including phenoxy) is 1. The molecule has 0 spiro atoms. The van der Waals surface area contributed by atoms with Crippen LogP contribution in [0.4, 0.5) is 5.69 Å². The van der Waals surface area contributed by atoms with Crippen LogP contribution in [0.15, 0.2) is 42.5 Å². The molecule has 0 radical (unpaired) electrons. The number of nitrogens with zero attached hydrogens (tertiary/aromatic N) is 1. The predicted octanol–water partition coefficient (Wildman–Crippen LogP) is 3.32. The molecule has 1 aromatic heterocycles. The van der Waals surface area contributed by atoms with Crippen molar-refractivity contribution in [2.75, 3.05) is 5.32 Å². The van der Waals surface area contributed by atoms with E-state index in [1.807, 2.05) is 31.2 Å². The third-order valence-corrected chi connectivity index (χ3v) is 4.88. The minimum atomic E-state index is -0.814. The van der Waals surface area contributed by atoms with Crippen LogP contribution in [0.2, 0.25) is 0 Å². The van der Waals surface area contributed by atoms with Crippen molar-refractivity contribution in [3.8, 4) is 0 Å². The maximum absolute atomic E-state index is 12.5. The van der Waals surface area contributed by atoms with Gasteiger partial charge in [0.2, 0.25) is 0 Å². The van der Waals surface area contributed by atoms with Gasteiger partial charge in [-0.1, -0.05) is 18.2 Å². The summed E-state index contributed by atoms with van der Waals surface area (Å²) in [5.74, 6) is -0.774. The second-order valence-electron chi connectivity index (χ2n) is 5.66. The number of anilines is 1. The van der Waals surface area contributed by atoms with Gasteiger partial charge in [0.05, 0.1) is 20.8 Å². The van der Waals surface area contributed by atoms with E-state index in [1.54, 1.807) is 29.5 Å². The number of thiazole rings is 1. The molecule has 2 aromatic carbocycles. The standard InChI is InChI=1S/C18H14N2O3S/c1-10-19-14-7-6-12(9-16(14)24-10)20-17(21)15-8-11-4-2-3-5-13(11)18(22)23-15/h2-7,9,15H,8H2,1H3,(H,20,21)/t15-/m1/s1. The number of rotatable bonds is 2. The van der Waals surface area contributed by atoms with E-state index in [9.17, 15) is 9.59 Å². The van der Waals surface area contributed by atoms with Gasteiger partial charge in [-0.25, -0.2) is 9.78 Å². The molecule has 4 rings (SSSR count). The van der Waals surface area contributed by atoms with Crippen molar-refractivity contribution < 1.29 is 14.3 Å².